The fraction of sp³-hybridized carbons (Fsp3) is 0.176. The predicted molar refractivity (Wildman–Crippen MR) is 202 cm³/mol. The highest BCUT2D eigenvalue weighted by atomic mass is 35.5. The van der Waals surface area contributed by atoms with Crippen LogP contribution >= 0.6 is 23.2 Å². The number of pyridine rings is 2. The van der Waals surface area contributed by atoms with Crippen molar-refractivity contribution in [1.29, 1.82) is 0 Å². The molecule has 276 valence electrons. The third-order valence-electron chi connectivity index (χ3n) is 8.24. The second-order valence-electron chi connectivity index (χ2n) is 11.6. The number of benzene rings is 2. The Kier molecular flexibility index (Phi) is 10.5. The highest BCUT2D eigenvalue weighted by molar-refractivity contribution is 7.91. The minimum atomic E-state index is -3.79. The van der Waals surface area contributed by atoms with Gasteiger partial charge in [-0.15, -0.1) is 0 Å². The van der Waals surface area contributed by atoms with Crippen LogP contribution in [0, 0.1) is 13.8 Å². The Morgan fingerprint density at radius 3 is 1.43 bits per heavy atom. The van der Waals surface area contributed by atoms with Gasteiger partial charge in [-0.2, -0.15) is 16.8 Å². The molecule has 0 bridgehead atoms. The summed E-state index contributed by atoms with van der Waals surface area (Å²) >= 11 is 13.3. The lowest BCUT2D eigenvalue weighted by Gasteiger charge is -2.14. The third-order valence-corrected chi connectivity index (χ3v) is 10.9. The van der Waals surface area contributed by atoms with Crippen molar-refractivity contribution in [3.05, 3.63) is 125 Å². The van der Waals surface area contributed by atoms with Crippen LogP contribution in [0.25, 0.3) is 21.9 Å². The van der Waals surface area contributed by atoms with Gasteiger partial charge in [0.1, 0.15) is 34.3 Å². The molecule has 19 heteroatoms. The lowest BCUT2D eigenvalue weighted by Crippen LogP contribution is -2.27. The van der Waals surface area contributed by atoms with Gasteiger partial charge in [0.05, 0.1) is 10.0 Å². The smallest absolute Gasteiger partial charge is 0.340 e. The maximum atomic E-state index is 13.2. The SMILES string of the molecule is CNS(=O)(=O)Nc1cccc(Cc2c(C)c3cc(Cl)c(Oc4cc5oc(=O)c(Cc6cccc(NS(=O)(=O)NC)n6)c(C)c5cc4Cl)cc3oc2=O)n1. The largest absolute Gasteiger partial charge is 0.454 e. The Balaban J connectivity index is 1.28. The predicted octanol–water partition coefficient (Wildman–Crippen LogP) is 5.34. The summed E-state index contributed by atoms with van der Waals surface area (Å²) < 4.78 is 73.8. The first-order valence-corrected chi connectivity index (χ1v) is 19.3. The van der Waals surface area contributed by atoms with E-state index in [1.807, 2.05) is 0 Å². The van der Waals surface area contributed by atoms with E-state index in [2.05, 4.69) is 28.9 Å². The summed E-state index contributed by atoms with van der Waals surface area (Å²) in [5.74, 6) is 0.365. The Labute approximate surface area is 312 Å². The monoisotopic (exact) mass is 800 g/mol. The van der Waals surface area contributed by atoms with Crippen LogP contribution < -0.4 is 34.9 Å². The van der Waals surface area contributed by atoms with Gasteiger partial charge in [-0.1, -0.05) is 35.3 Å². The molecule has 2 aromatic carbocycles. The topological polar surface area (TPSA) is 212 Å². The van der Waals surface area contributed by atoms with E-state index in [1.165, 1.54) is 38.4 Å². The highest BCUT2D eigenvalue weighted by Gasteiger charge is 2.20. The van der Waals surface area contributed by atoms with Gasteiger partial charge < -0.3 is 13.6 Å². The first-order chi connectivity index (χ1) is 25.1. The van der Waals surface area contributed by atoms with Crippen molar-refractivity contribution >= 4 is 77.2 Å². The Bertz CT molecular complexity index is 2590. The molecule has 0 fully saturated rings. The van der Waals surface area contributed by atoms with Crippen molar-refractivity contribution in [1.82, 2.24) is 19.4 Å². The van der Waals surface area contributed by atoms with E-state index in [4.69, 9.17) is 36.8 Å². The normalized spacial score (nSPS) is 12.0. The summed E-state index contributed by atoms with van der Waals surface area (Å²) in [7, 11) is -5.06. The zero-order valence-corrected chi connectivity index (χ0v) is 31.5. The molecule has 4 heterocycles. The number of rotatable bonds is 12. The number of nitrogens with zero attached hydrogens (tertiary/aromatic N) is 2. The lowest BCUT2D eigenvalue weighted by atomic mass is 10.0. The van der Waals surface area contributed by atoms with E-state index in [9.17, 15) is 26.4 Å². The molecule has 0 amide bonds. The van der Waals surface area contributed by atoms with Gasteiger partial charge in [-0.3, -0.25) is 9.44 Å². The van der Waals surface area contributed by atoms with E-state index in [0.717, 1.165) is 0 Å². The van der Waals surface area contributed by atoms with Crippen molar-refractivity contribution in [3.8, 4) is 11.5 Å². The summed E-state index contributed by atoms with van der Waals surface area (Å²) in [5, 5.41) is 1.39. The number of hydrogen-bond acceptors (Lipinski definition) is 11. The molecule has 53 heavy (non-hydrogen) atoms. The highest BCUT2D eigenvalue weighted by Crippen LogP contribution is 2.39. The zero-order valence-electron chi connectivity index (χ0n) is 28.3. The summed E-state index contributed by atoms with van der Waals surface area (Å²) in [6.07, 6.45) is 0.102. The number of nitrogens with one attached hydrogen (secondary N) is 4. The average Bonchev–Trinajstić information content (AvgIpc) is 3.10. The van der Waals surface area contributed by atoms with Crippen LogP contribution in [0.4, 0.5) is 11.6 Å². The zero-order chi connectivity index (χ0) is 38.2. The molecule has 4 N–H and O–H groups in total. The standard InChI is InChI=1S/C34H30Cl2N6O9S2/c1-17-21-13-25(35)29(15-27(21)50-33(43)23(17)11-19-7-5-9-31(39-19)41-52(45,46)37-3)49-30-16-28-22(14-26(30)36)18(2)24(34(44)51-28)12-20-8-6-10-32(40-20)42-53(47,48)38-4/h5-10,13-16,37-38H,11-12H2,1-4H3,(H,39,41)(H,40,42). The Morgan fingerprint density at radius 1 is 0.660 bits per heavy atom. The van der Waals surface area contributed by atoms with Gasteiger partial charge in [0, 0.05) is 72.4 Å². The third kappa shape index (κ3) is 8.30. The van der Waals surface area contributed by atoms with Crippen LogP contribution in [0.5, 0.6) is 11.5 Å². The number of ether oxygens (including phenoxy) is 1. The molecule has 6 aromatic rings. The van der Waals surface area contributed by atoms with Crippen molar-refractivity contribution in [2.75, 3.05) is 23.5 Å². The summed E-state index contributed by atoms with van der Waals surface area (Å²) in [4.78, 5) is 35.0. The molecule has 0 atom stereocenters. The van der Waals surface area contributed by atoms with Gasteiger partial charge in [0.25, 0.3) is 20.4 Å². The van der Waals surface area contributed by atoms with Crippen LogP contribution in [0.15, 0.2) is 79.1 Å². The molecule has 4 aromatic heterocycles. The number of halogens is 2. The maximum absolute atomic E-state index is 13.2. The summed E-state index contributed by atoms with van der Waals surface area (Å²) in [5.41, 5.74) is 1.68. The van der Waals surface area contributed by atoms with Gasteiger partial charge in [-0.05, 0) is 61.4 Å². The molecule has 0 aliphatic heterocycles. The lowest BCUT2D eigenvalue weighted by molar-refractivity contribution is 0.478. The van der Waals surface area contributed by atoms with E-state index >= 15 is 0 Å². The minimum Gasteiger partial charge on any atom is -0.454 e. The molecule has 0 unspecified atom stereocenters. The second kappa shape index (κ2) is 14.8. The number of aromatic nitrogens is 2. The quantitative estimate of drug-likeness (QED) is 0.116. The molecule has 6 rings (SSSR count). The molecule has 0 saturated heterocycles. The van der Waals surface area contributed by atoms with Gasteiger partial charge in [-0.25, -0.2) is 29.0 Å². The van der Waals surface area contributed by atoms with Crippen molar-refractivity contribution in [2.24, 2.45) is 0 Å². The summed E-state index contributed by atoms with van der Waals surface area (Å²) in [6.45, 7) is 3.46. The fourth-order valence-corrected chi connectivity index (χ4v) is 6.86. The molecule has 0 spiro atoms. The minimum absolute atomic E-state index is 0.0508. The van der Waals surface area contributed by atoms with E-state index < -0.39 is 31.7 Å². The van der Waals surface area contributed by atoms with Crippen molar-refractivity contribution < 1.29 is 30.4 Å². The molecule has 15 nitrogen and oxygen atoms in total. The molecular weight excluding hydrogens is 771 g/mol. The Hall–Kier alpha value is -5.04. The Morgan fingerprint density at radius 2 is 1.06 bits per heavy atom. The van der Waals surface area contributed by atoms with E-state index in [0.29, 0.717) is 44.4 Å². The molecular formula is C34H30Cl2N6O9S2. The van der Waals surface area contributed by atoms with Crippen molar-refractivity contribution in [2.45, 2.75) is 26.7 Å². The molecule has 0 aliphatic carbocycles. The van der Waals surface area contributed by atoms with Crippen LogP contribution in [0.2, 0.25) is 10.0 Å². The average molecular weight is 802 g/mol. The number of hydrogen-bond donors (Lipinski definition) is 4. The number of fused-ring (bicyclic) bond motifs is 2. The van der Waals surface area contributed by atoms with E-state index in [1.54, 1.807) is 50.2 Å². The first-order valence-electron chi connectivity index (χ1n) is 15.6. The molecule has 0 saturated carbocycles. The van der Waals surface area contributed by atoms with Crippen LogP contribution in [-0.2, 0) is 33.3 Å². The number of anilines is 2. The van der Waals surface area contributed by atoms with Gasteiger partial charge in [0.15, 0.2) is 0 Å². The number of aryl methyl sites for hydroxylation is 2. The first kappa shape index (κ1) is 37.7. The second-order valence-corrected chi connectivity index (χ2v) is 15.7. The molecule has 0 aliphatic rings. The van der Waals surface area contributed by atoms with Gasteiger partial charge in [0.2, 0.25) is 0 Å². The van der Waals surface area contributed by atoms with Gasteiger partial charge >= 0.3 is 11.3 Å². The van der Waals surface area contributed by atoms with Crippen molar-refractivity contribution in [3.63, 3.8) is 0 Å². The maximum Gasteiger partial charge on any atom is 0.340 e. The molecule has 0 radical (unpaired) electrons. The van der Waals surface area contributed by atoms with E-state index in [-0.39, 0.29) is 57.2 Å². The van der Waals surface area contributed by atoms with Crippen LogP contribution in [-0.4, -0.2) is 40.9 Å². The summed E-state index contributed by atoms with van der Waals surface area (Å²) in [6, 6.07) is 15.5. The van der Waals surface area contributed by atoms with Crippen LogP contribution in [0.3, 0.4) is 0 Å². The van der Waals surface area contributed by atoms with Crippen LogP contribution in [0.1, 0.15) is 33.6 Å². The fourth-order valence-electron chi connectivity index (χ4n) is 5.47.